The van der Waals surface area contributed by atoms with Gasteiger partial charge in [-0.05, 0) is 33.6 Å². The van der Waals surface area contributed by atoms with E-state index in [1.165, 1.54) is 0 Å². The van der Waals surface area contributed by atoms with E-state index in [1.807, 2.05) is 43.3 Å². The van der Waals surface area contributed by atoms with Gasteiger partial charge in [0.25, 0.3) is 5.91 Å². The number of aryl methyl sites for hydroxylation is 2. The highest BCUT2D eigenvalue weighted by molar-refractivity contribution is 9.10. The van der Waals surface area contributed by atoms with Crippen LogP contribution in [0.4, 0.5) is 0 Å². The number of nitrogens with one attached hydrogen (secondary N) is 1. The summed E-state index contributed by atoms with van der Waals surface area (Å²) < 4.78 is 4.66. The van der Waals surface area contributed by atoms with Crippen molar-refractivity contribution in [3.63, 3.8) is 0 Å². The number of nitrogens with zero attached hydrogens (tertiary/aromatic N) is 2. The second-order valence-corrected chi connectivity index (χ2v) is 4.94. The van der Waals surface area contributed by atoms with Crippen LogP contribution in [0, 0.1) is 0 Å². The van der Waals surface area contributed by atoms with Gasteiger partial charge in [0.15, 0.2) is 0 Å². The largest absolute Gasteiger partial charge is 0.357 e. The molecule has 1 amide bonds. The summed E-state index contributed by atoms with van der Waals surface area (Å²) in [6, 6.07) is 3.79. The maximum absolute atomic E-state index is 11.9. The fourth-order valence-electron chi connectivity index (χ4n) is 1.69. The van der Waals surface area contributed by atoms with Crippen molar-refractivity contribution in [3.05, 3.63) is 46.5 Å². The molecule has 17 heavy (non-hydrogen) atoms. The Bertz CT molecular complexity index is 542. The number of halogens is 1. The second-order valence-electron chi connectivity index (χ2n) is 4.02. The number of carbonyl (C=O) groups is 1. The molecule has 0 aliphatic heterocycles. The normalized spacial score (nSPS) is 10.5. The summed E-state index contributed by atoms with van der Waals surface area (Å²) in [4.78, 5) is 11.9. The van der Waals surface area contributed by atoms with Crippen LogP contribution >= 0.6 is 15.9 Å². The third-order valence-electron chi connectivity index (χ3n) is 2.55. The van der Waals surface area contributed by atoms with E-state index in [2.05, 4.69) is 21.2 Å². The molecule has 0 radical (unpaired) electrons. The lowest BCUT2D eigenvalue weighted by atomic mass is 10.3. The molecule has 0 atom stereocenters. The summed E-state index contributed by atoms with van der Waals surface area (Å²) >= 11 is 3.35. The third kappa shape index (κ3) is 2.79. The van der Waals surface area contributed by atoms with E-state index in [0.717, 1.165) is 10.0 Å². The van der Waals surface area contributed by atoms with E-state index in [4.69, 9.17) is 0 Å². The van der Waals surface area contributed by atoms with Crippen LogP contribution < -0.4 is 5.32 Å². The Hall–Kier alpha value is -1.49. The Morgan fingerprint density at radius 1 is 1.41 bits per heavy atom. The minimum atomic E-state index is -0.0675. The van der Waals surface area contributed by atoms with Crippen LogP contribution in [-0.4, -0.2) is 15.0 Å². The molecular formula is C12H14BrN3O. The van der Waals surface area contributed by atoms with Gasteiger partial charge in [-0.1, -0.05) is 0 Å². The monoisotopic (exact) mass is 295 g/mol. The molecule has 2 aromatic rings. The highest BCUT2D eigenvalue weighted by Crippen LogP contribution is 2.13. The molecule has 2 aromatic heterocycles. The molecule has 0 unspecified atom stereocenters. The zero-order chi connectivity index (χ0) is 12.4. The molecule has 90 valence electrons. The molecule has 4 nitrogen and oxygen atoms in total. The fourth-order valence-corrected chi connectivity index (χ4v) is 2.21. The van der Waals surface area contributed by atoms with Crippen LogP contribution in [0.25, 0.3) is 0 Å². The molecule has 2 heterocycles. The number of hydrogen-bond acceptors (Lipinski definition) is 1. The van der Waals surface area contributed by atoms with Crippen molar-refractivity contribution in [1.82, 2.24) is 14.5 Å². The standard InChI is InChI=1S/C12H14BrN3O/c1-15-4-3-9(7-15)6-14-12(17)11-5-10(13)8-16(11)2/h3-5,7-8H,6H2,1-2H3,(H,14,17). The van der Waals surface area contributed by atoms with Crippen molar-refractivity contribution in [2.45, 2.75) is 6.54 Å². The Morgan fingerprint density at radius 3 is 2.71 bits per heavy atom. The van der Waals surface area contributed by atoms with Gasteiger partial charge in [-0.2, -0.15) is 0 Å². The van der Waals surface area contributed by atoms with Gasteiger partial charge in [-0.15, -0.1) is 0 Å². The van der Waals surface area contributed by atoms with Gasteiger partial charge in [-0.25, -0.2) is 0 Å². The number of amides is 1. The summed E-state index contributed by atoms with van der Waals surface area (Å²) in [5.74, 6) is -0.0675. The summed E-state index contributed by atoms with van der Waals surface area (Å²) in [5.41, 5.74) is 1.74. The van der Waals surface area contributed by atoms with Gasteiger partial charge in [0, 0.05) is 43.7 Å². The van der Waals surface area contributed by atoms with E-state index >= 15 is 0 Å². The lowest BCUT2D eigenvalue weighted by Crippen LogP contribution is -2.24. The van der Waals surface area contributed by atoms with E-state index in [9.17, 15) is 4.79 Å². The molecule has 0 aromatic carbocycles. The second kappa shape index (κ2) is 4.79. The molecule has 2 rings (SSSR count). The van der Waals surface area contributed by atoms with Crippen molar-refractivity contribution in [3.8, 4) is 0 Å². The Labute approximate surface area is 108 Å². The molecule has 0 bridgehead atoms. The van der Waals surface area contributed by atoms with Gasteiger partial charge >= 0.3 is 0 Å². The highest BCUT2D eigenvalue weighted by Gasteiger charge is 2.10. The molecule has 0 spiro atoms. The van der Waals surface area contributed by atoms with E-state index < -0.39 is 0 Å². The Kier molecular flexibility index (Phi) is 3.38. The van der Waals surface area contributed by atoms with E-state index in [-0.39, 0.29) is 5.91 Å². The first kappa shape index (κ1) is 12.0. The van der Waals surface area contributed by atoms with Crippen LogP contribution in [0.15, 0.2) is 35.2 Å². The van der Waals surface area contributed by atoms with Gasteiger partial charge in [-0.3, -0.25) is 4.79 Å². The van der Waals surface area contributed by atoms with Gasteiger partial charge < -0.3 is 14.5 Å². The highest BCUT2D eigenvalue weighted by atomic mass is 79.9. The van der Waals surface area contributed by atoms with Crippen LogP contribution in [0.1, 0.15) is 16.1 Å². The summed E-state index contributed by atoms with van der Waals surface area (Å²) in [5, 5.41) is 2.89. The topological polar surface area (TPSA) is 39.0 Å². The number of carbonyl (C=O) groups excluding carboxylic acids is 1. The van der Waals surface area contributed by atoms with E-state index in [0.29, 0.717) is 12.2 Å². The van der Waals surface area contributed by atoms with Gasteiger partial charge in [0.1, 0.15) is 5.69 Å². The molecular weight excluding hydrogens is 282 g/mol. The summed E-state index contributed by atoms with van der Waals surface area (Å²) in [6.45, 7) is 0.544. The van der Waals surface area contributed by atoms with Crippen molar-refractivity contribution in [2.75, 3.05) is 0 Å². The summed E-state index contributed by atoms with van der Waals surface area (Å²) in [7, 11) is 3.81. The molecule has 0 saturated heterocycles. The molecule has 1 N–H and O–H groups in total. The van der Waals surface area contributed by atoms with Gasteiger partial charge in [0.2, 0.25) is 0 Å². The zero-order valence-electron chi connectivity index (χ0n) is 9.77. The first-order valence-electron chi connectivity index (χ1n) is 5.27. The lowest BCUT2D eigenvalue weighted by Gasteiger charge is -2.04. The first-order chi connectivity index (χ1) is 8.06. The van der Waals surface area contributed by atoms with Crippen LogP contribution in [-0.2, 0) is 20.6 Å². The predicted molar refractivity (Wildman–Crippen MR) is 69.7 cm³/mol. The lowest BCUT2D eigenvalue weighted by molar-refractivity contribution is 0.0943. The minimum Gasteiger partial charge on any atom is -0.357 e. The Balaban J connectivity index is 2.00. The molecule has 5 heteroatoms. The average molecular weight is 296 g/mol. The molecule has 0 aliphatic carbocycles. The maximum atomic E-state index is 11.9. The number of hydrogen-bond donors (Lipinski definition) is 1. The predicted octanol–water partition coefficient (Wildman–Crippen LogP) is 2.06. The van der Waals surface area contributed by atoms with E-state index in [1.54, 1.807) is 10.6 Å². The van der Waals surface area contributed by atoms with Crippen molar-refractivity contribution >= 4 is 21.8 Å². The van der Waals surface area contributed by atoms with Crippen molar-refractivity contribution < 1.29 is 4.79 Å². The SMILES string of the molecule is Cn1ccc(CNC(=O)c2cc(Br)cn2C)c1. The zero-order valence-corrected chi connectivity index (χ0v) is 11.4. The molecule has 0 fully saturated rings. The Morgan fingerprint density at radius 2 is 2.18 bits per heavy atom. The number of rotatable bonds is 3. The quantitative estimate of drug-likeness (QED) is 0.925. The minimum absolute atomic E-state index is 0.0675. The summed E-state index contributed by atoms with van der Waals surface area (Å²) in [6.07, 6.45) is 5.80. The third-order valence-corrected chi connectivity index (χ3v) is 2.98. The van der Waals surface area contributed by atoms with Crippen molar-refractivity contribution in [2.24, 2.45) is 14.1 Å². The first-order valence-corrected chi connectivity index (χ1v) is 6.06. The van der Waals surface area contributed by atoms with Crippen LogP contribution in [0.5, 0.6) is 0 Å². The smallest absolute Gasteiger partial charge is 0.268 e. The van der Waals surface area contributed by atoms with Crippen molar-refractivity contribution in [1.29, 1.82) is 0 Å². The van der Waals surface area contributed by atoms with Gasteiger partial charge in [0.05, 0.1) is 0 Å². The van der Waals surface area contributed by atoms with Crippen LogP contribution in [0.3, 0.4) is 0 Å². The fraction of sp³-hybridized carbons (Fsp3) is 0.250. The average Bonchev–Trinajstić information content (AvgIpc) is 2.81. The number of aromatic nitrogens is 2. The maximum Gasteiger partial charge on any atom is 0.268 e. The van der Waals surface area contributed by atoms with Crippen LogP contribution in [0.2, 0.25) is 0 Å². The molecule has 0 saturated carbocycles. The molecule has 0 aliphatic rings.